The van der Waals surface area contributed by atoms with Gasteiger partial charge in [-0.1, -0.05) is 13.0 Å². The topological polar surface area (TPSA) is 71.2 Å². The summed E-state index contributed by atoms with van der Waals surface area (Å²) in [6.07, 6.45) is 2.55. The highest BCUT2D eigenvalue weighted by molar-refractivity contribution is 7.10. The first-order valence-electron chi connectivity index (χ1n) is 8.36. The molecule has 0 spiro atoms. The molecule has 0 aliphatic carbocycles. The van der Waals surface area contributed by atoms with Crippen LogP contribution in [0.1, 0.15) is 30.7 Å². The minimum Gasteiger partial charge on any atom is -0.367 e. The lowest BCUT2D eigenvalue weighted by Gasteiger charge is -2.36. The number of likely N-dealkylation sites (tertiary alicyclic amines) is 1. The molecule has 0 aromatic carbocycles. The van der Waals surface area contributed by atoms with Gasteiger partial charge < -0.3 is 5.32 Å². The second-order valence-corrected chi connectivity index (χ2v) is 7.35. The maximum absolute atomic E-state index is 4.40. The van der Waals surface area contributed by atoms with Gasteiger partial charge in [0.1, 0.15) is 5.82 Å². The maximum Gasteiger partial charge on any atom is 0.200 e. The molecule has 1 N–H and O–H groups in total. The van der Waals surface area contributed by atoms with Crippen LogP contribution in [0, 0.1) is 5.92 Å². The highest BCUT2D eigenvalue weighted by atomic mass is 32.1. The average Bonchev–Trinajstić information content (AvgIpc) is 3.27. The van der Waals surface area contributed by atoms with Crippen molar-refractivity contribution in [2.45, 2.75) is 25.8 Å². The molecule has 1 fully saturated rings. The highest BCUT2D eigenvalue weighted by Gasteiger charge is 2.25. The van der Waals surface area contributed by atoms with Crippen LogP contribution in [0.3, 0.4) is 0 Å². The second kappa shape index (κ2) is 6.82. The summed E-state index contributed by atoms with van der Waals surface area (Å²) in [5, 5.41) is 21.4. The summed E-state index contributed by atoms with van der Waals surface area (Å²) >= 11 is 1.82. The number of fused-ring (bicyclic) bond motifs is 1. The second-order valence-electron chi connectivity index (χ2n) is 6.38. The predicted octanol–water partition coefficient (Wildman–Crippen LogP) is 2.47. The fourth-order valence-electron chi connectivity index (χ4n) is 3.18. The van der Waals surface area contributed by atoms with E-state index in [0.29, 0.717) is 11.7 Å². The Balaban J connectivity index is 1.49. The number of piperidine rings is 1. The smallest absolute Gasteiger partial charge is 0.200 e. The molecule has 3 aromatic heterocycles. The molecule has 4 heterocycles. The van der Waals surface area contributed by atoms with Gasteiger partial charge in [-0.25, -0.2) is 0 Å². The Bertz CT molecular complexity index is 777. The number of nitrogens with zero attached hydrogens (tertiary/aromatic N) is 6. The minimum atomic E-state index is 0.379. The van der Waals surface area contributed by atoms with E-state index in [-0.39, 0.29) is 0 Å². The van der Waals surface area contributed by atoms with Crippen LogP contribution < -0.4 is 5.32 Å². The monoisotopic (exact) mass is 343 g/mol. The zero-order valence-electron chi connectivity index (χ0n) is 13.7. The van der Waals surface area contributed by atoms with Crippen LogP contribution in [0.4, 0.5) is 5.82 Å². The van der Waals surface area contributed by atoms with Gasteiger partial charge >= 0.3 is 0 Å². The summed E-state index contributed by atoms with van der Waals surface area (Å²) < 4.78 is 1.45. The number of nitrogens with one attached hydrogen (secondary N) is 1. The molecule has 24 heavy (non-hydrogen) atoms. The van der Waals surface area contributed by atoms with E-state index < -0.39 is 0 Å². The molecule has 0 radical (unpaired) electrons. The molecule has 7 nitrogen and oxygen atoms in total. The highest BCUT2D eigenvalue weighted by Crippen LogP contribution is 2.29. The van der Waals surface area contributed by atoms with Gasteiger partial charge in [0.2, 0.25) is 0 Å². The van der Waals surface area contributed by atoms with Gasteiger partial charge in [-0.2, -0.15) is 0 Å². The summed E-state index contributed by atoms with van der Waals surface area (Å²) in [6.45, 7) is 5.49. The Morgan fingerprint density at radius 3 is 2.96 bits per heavy atom. The van der Waals surface area contributed by atoms with Crippen LogP contribution in [0.15, 0.2) is 29.6 Å². The molecule has 0 saturated carbocycles. The van der Waals surface area contributed by atoms with Crippen LogP contribution in [0.5, 0.6) is 0 Å². The van der Waals surface area contributed by atoms with Crippen LogP contribution in [0.2, 0.25) is 0 Å². The van der Waals surface area contributed by atoms with E-state index in [2.05, 4.69) is 55.3 Å². The van der Waals surface area contributed by atoms with Crippen LogP contribution >= 0.6 is 11.3 Å². The third-order valence-corrected chi connectivity index (χ3v) is 5.65. The Morgan fingerprint density at radius 2 is 2.17 bits per heavy atom. The average molecular weight is 343 g/mol. The molecule has 3 aromatic rings. The molecule has 8 heteroatoms. The summed E-state index contributed by atoms with van der Waals surface area (Å²) in [5.74, 6) is 1.63. The van der Waals surface area contributed by atoms with E-state index in [0.717, 1.165) is 31.4 Å². The molecular weight excluding hydrogens is 322 g/mol. The third-order valence-electron chi connectivity index (χ3n) is 4.68. The third kappa shape index (κ3) is 3.25. The largest absolute Gasteiger partial charge is 0.367 e. The predicted molar refractivity (Wildman–Crippen MR) is 94.1 cm³/mol. The first-order valence-corrected chi connectivity index (χ1v) is 9.24. The van der Waals surface area contributed by atoms with E-state index in [1.165, 1.54) is 22.3 Å². The first kappa shape index (κ1) is 15.5. The van der Waals surface area contributed by atoms with Crippen molar-refractivity contribution >= 4 is 22.8 Å². The van der Waals surface area contributed by atoms with Crippen molar-refractivity contribution in [3.8, 4) is 0 Å². The van der Waals surface area contributed by atoms with Crippen LogP contribution in [0.25, 0.3) is 5.65 Å². The van der Waals surface area contributed by atoms with Gasteiger partial charge in [-0.15, -0.1) is 26.2 Å². The quantitative estimate of drug-likeness (QED) is 0.767. The number of tetrazole rings is 1. The van der Waals surface area contributed by atoms with Crippen molar-refractivity contribution in [3.05, 3.63) is 34.5 Å². The lowest BCUT2D eigenvalue weighted by atomic mass is 9.97. The van der Waals surface area contributed by atoms with Crippen LogP contribution in [-0.4, -0.2) is 49.8 Å². The molecule has 1 aliphatic rings. The Labute approximate surface area is 144 Å². The van der Waals surface area contributed by atoms with Gasteiger partial charge in [-0.05, 0) is 65.9 Å². The van der Waals surface area contributed by atoms with Crippen molar-refractivity contribution in [1.29, 1.82) is 0 Å². The number of hydrogen-bond donors (Lipinski definition) is 1. The van der Waals surface area contributed by atoms with Crippen molar-refractivity contribution < 1.29 is 0 Å². The zero-order valence-corrected chi connectivity index (χ0v) is 14.5. The van der Waals surface area contributed by atoms with Crippen molar-refractivity contribution in [3.63, 3.8) is 0 Å². The Hall–Kier alpha value is -2.06. The Kier molecular flexibility index (Phi) is 4.40. The van der Waals surface area contributed by atoms with E-state index in [1.54, 1.807) is 0 Å². The molecule has 1 atom stereocenters. The minimum absolute atomic E-state index is 0.379. The Morgan fingerprint density at radius 1 is 1.29 bits per heavy atom. The molecular formula is C16H21N7S. The maximum atomic E-state index is 4.40. The van der Waals surface area contributed by atoms with Gasteiger partial charge in [0.25, 0.3) is 0 Å². The van der Waals surface area contributed by atoms with Gasteiger partial charge in [0.15, 0.2) is 5.65 Å². The van der Waals surface area contributed by atoms with E-state index in [9.17, 15) is 0 Å². The van der Waals surface area contributed by atoms with Crippen molar-refractivity contribution in [2.75, 3.05) is 25.0 Å². The first-order chi connectivity index (χ1) is 11.8. The van der Waals surface area contributed by atoms with Crippen molar-refractivity contribution in [1.82, 2.24) is 30.2 Å². The molecule has 126 valence electrons. The molecule has 1 aliphatic heterocycles. The van der Waals surface area contributed by atoms with Crippen molar-refractivity contribution in [2.24, 2.45) is 5.92 Å². The number of thiophene rings is 1. The molecule has 1 saturated heterocycles. The summed E-state index contributed by atoms with van der Waals surface area (Å²) in [4.78, 5) is 3.99. The fraction of sp³-hybridized carbons (Fsp3) is 0.500. The number of rotatable bonds is 5. The molecule has 0 bridgehead atoms. The standard InChI is InChI=1S/C16H21N7S/c1-12-6-8-22(9-7-12)13(14-3-2-10-24-14)11-17-15-4-5-16-18-20-21-23(16)19-15/h2-5,10,12-13H,6-9,11H2,1H3,(H,17,19)/t13-/m1/s1. The summed E-state index contributed by atoms with van der Waals surface area (Å²) in [6, 6.07) is 8.54. The van der Waals surface area contributed by atoms with Gasteiger partial charge in [0.05, 0.1) is 6.04 Å². The SMILES string of the molecule is CC1CCN([C@H](CNc2ccc3nnnn3n2)c2cccs2)CC1. The fourth-order valence-corrected chi connectivity index (χ4v) is 4.04. The number of anilines is 1. The number of hydrogen-bond acceptors (Lipinski definition) is 7. The lowest BCUT2D eigenvalue weighted by molar-refractivity contribution is 0.145. The van der Waals surface area contributed by atoms with Gasteiger partial charge in [-0.3, -0.25) is 4.90 Å². The lowest BCUT2D eigenvalue weighted by Crippen LogP contribution is -2.38. The molecule has 0 unspecified atom stereocenters. The molecule has 0 amide bonds. The van der Waals surface area contributed by atoms with E-state index in [1.807, 2.05) is 23.5 Å². The molecule has 4 rings (SSSR count). The number of aromatic nitrogens is 5. The van der Waals surface area contributed by atoms with Crippen LogP contribution in [-0.2, 0) is 0 Å². The van der Waals surface area contributed by atoms with E-state index in [4.69, 9.17) is 0 Å². The van der Waals surface area contributed by atoms with Gasteiger partial charge in [0, 0.05) is 11.4 Å². The zero-order chi connectivity index (χ0) is 16.4. The summed E-state index contributed by atoms with van der Waals surface area (Å²) in [7, 11) is 0. The normalized spacial score (nSPS) is 18.0. The summed E-state index contributed by atoms with van der Waals surface area (Å²) in [5.41, 5.74) is 0.653. The van der Waals surface area contributed by atoms with E-state index >= 15 is 0 Å².